The Morgan fingerprint density at radius 3 is 2.22 bits per heavy atom. The normalized spacial score (nSPS) is 12.3. The molecule has 124 valence electrons. The fraction of sp³-hybridized carbons (Fsp3) is 0.294. The number of sulfone groups is 1. The van der Waals surface area contributed by atoms with Gasteiger partial charge in [0.05, 0.1) is 17.3 Å². The molecule has 2 aromatic carbocycles. The third-order valence-electron chi connectivity index (χ3n) is 3.34. The van der Waals surface area contributed by atoms with Gasteiger partial charge in [-0.05, 0) is 43.7 Å². The number of hydrogen-bond acceptors (Lipinski definition) is 4. The molecule has 0 aliphatic heterocycles. The van der Waals surface area contributed by atoms with Crippen molar-refractivity contribution in [2.45, 2.75) is 24.3 Å². The smallest absolute Gasteiger partial charge is 0.180 e. The zero-order valence-electron chi connectivity index (χ0n) is 13.0. The van der Waals surface area contributed by atoms with E-state index in [0.29, 0.717) is 5.02 Å². The lowest BCUT2D eigenvalue weighted by Crippen LogP contribution is -2.23. The monoisotopic (exact) mass is 354 g/mol. The van der Waals surface area contributed by atoms with Gasteiger partial charge in [-0.2, -0.15) is 0 Å². The van der Waals surface area contributed by atoms with Crippen molar-refractivity contribution < 1.29 is 18.2 Å². The van der Waals surface area contributed by atoms with Crippen molar-refractivity contribution in [2.24, 2.45) is 0 Å². The van der Waals surface area contributed by atoms with E-state index in [1.807, 2.05) is 44.2 Å². The predicted octanol–water partition coefficient (Wildman–Crippen LogP) is 4.00. The molecule has 0 amide bonds. The van der Waals surface area contributed by atoms with Gasteiger partial charge in [0.25, 0.3) is 0 Å². The zero-order valence-corrected chi connectivity index (χ0v) is 14.6. The lowest BCUT2D eigenvalue weighted by Gasteiger charge is -2.24. The van der Waals surface area contributed by atoms with Crippen molar-refractivity contribution in [3.05, 3.63) is 65.2 Å². The van der Waals surface area contributed by atoms with Crippen LogP contribution in [0.5, 0.6) is 0 Å². The molecule has 0 aliphatic rings. The summed E-state index contributed by atoms with van der Waals surface area (Å²) in [6.07, 6.45) is 0. The Bertz CT molecular complexity index is 725. The Balaban J connectivity index is 1.88. The van der Waals surface area contributed by atoms with Crippen LogP contribution in [-0.4, -0.2) is 20.8 Å². The highest BCUT2D eigenvalue weighted by molar-refractivity contribution is 7.91. The molecule has 0 radical (unpaired) electrons. The summed E-state index contributed by atoms with van der Waals surface area (Å²) in [5.74, 6) is -0.167. The molecule has 0 unspecified atom stereocenters. The number of hydrogen-bond donors (Lipinski definition) is 0. The summed E-state index contributed by atoms with van der Waals surface area (Å²) >= 11 is 5.76. The van der Waals surface area contributed by atoms with E-state index in [0.717, 1.165) is 5.56 Å². The van der Waals surface area contributed by atoms with E-state index in [2.05, 4.69) is 0 Å². The minimum atomic E-state index is -3.42. The molecule has 4 nitrogen and oxygen atoms in total. The van der Waals surface area contributed by atoms with Gasteiger partial charge in [0, 0.05) is 5.02 Å². The van der Waals surface area contributed by atoms with E-state index < -0.39 is 15.4 Å². The van der Waals surface area contributed by atoms with E-state index >= 15 is 0 Å². The lowest BCUT2D eigenvalue weighted by molar-refractivity contribution is -0.355. The maximum absolute atomic E-state index is 12.2. The SMILES string of the molecule is CC(C)(OOCCS(=O)(=O)c1ccc(Cl)cc1)c1ccccc1. The van der Waals surface area contributed by atoms with E-state index in [4.69, 9.17) is 21.4 Å². The molecule has 0 heterocycles. The van der Waals surface area contributed by atoms with Gasteiger partial charge in [0.2, 0.25) is 0 Å². The summed E-state index contributed by atoms with van der Waals surface area (Å²) in [4.78, 5) is 10.7. The van der Waals surface area contributed by atoms with Crippen molar-refractivity contribution in [3.8, 4) is 0 Å². The Labute approximate surface area is 141 Å². The Morgan fingerprint density at radius 1 is 1.00 bits per heavy atom. The molecule has 2 rings (SSSR count). The van der Waals surface area contributed by atoms with Gasteiger partial charge in [-0.1, -0.05) is 41.9 Å². The first-order chi connectivity index (χ1) is 10.8. The van der Waals surface area contributed by atoms with Gasteiger partial charge in [-0.25, -0.2) is 18.2 Å². The van der Waals surface area contributed by atoms with Crippen LogP contribution < -0.4 is 0 Å². The Kier molecular flexibility index (Phi) is 5.81. The molecule has 0 aromatic heterocycles. The van der Waals surface area contributed by atoms with Crippen LogP contribution in [0.15, 0.2) is 59.5 Å². The fourth-order valence-corrected chi connectivity index (χ4v) is 3.18. The topological polar surface area (TPSA) is 52.6 Å². The van der Waals surface area contributed by atoms with Crippen molar-refractivity contribution in [1.29, 1.82) is 0 Å². The molecule has 0 bridgehead atoms. The van der Waals surface area contributed by atoms with Crippen LogP contribution in [0.3, 0.4) is 0 Å². The van der Waals surface area contributed by atoms with Crippen molar-refractivity contribution in [1.82, 2.24) is 0 Å². The molecule has 2 aromatic rings. The van der Waals surface area contributed by atoms with Crippen molar-refractivity contribution in [3.63, 3.8) is 0 Å². The molecular weight excluding hydrogens is 336 g/mol. The van der Waals surface area contributed by atoms with Crippen LogP contribution in [-0.2, 0) is 25.2 Å². The molecule has 0 fully saturated rings. The second-order valence-electron chi connectivity index (χ2n) is 5.55. The average Bonchev–Trinajstić information content (AvgIpc) is 2.53. The molecule has 23 heavy (non-hydrogen) atoms. The molecular formula is C17H19ClO4S. The van der Waals surface area contributed by atoms with E-state index in [-0.39, 0.29) is 17.3 Å². The number of benzene rings is 2. The molecule has 6 heteroatoms. The van der Waals surface area contributed by atoms with E-state index in [1.165, 1.54) is 12.1 Å². The zero-order chi connectivity index (χ0) is 16.9. The van der Waals surface area contributed by atoms with Crippen molar-refractivity contribution in [2.75, 3.05) is 12.4 Å². The Morgan fingerprint density at radius 2 is 1.61 bits per heavy atom. The summed E-state index contributed by atoms with van der Waals surface area (Å²) in [5.41, 5.74) is 0.284. The first kappa shape index (κ1) is 17.9. The summed E-state index contributed by atoms with van der Waals surface area (Å²) in [6.45, 7) is 3.66. The van der Waals surface area contributed by atoms with Gasteiger partial charge in [0.15, 0.2) is 9.84 Å². The van der Waals surface area contributed by atoms with Crippen LogP contribution in [0, 0.1) is 0 Å². The van der Waals surface area contributed by atoms with Gasteiger partial charge in [-0.15, -0.1) is 0 Å². The highest BCUT2D eigenvalue weighted by Gasteiger charge is 2.23. The van der Waals surface area contributed by atoms with Crippen LogP contribution in [0.1, 0.15) is 19.4 Å². The van der Waals surface area contributed by atoms with Crippen LogP contribution >= 0.6 is 11.6 Å². The van der Waals surface area contributed by atoms with Crippen LogP contribution in [0.25, 0.3) is 0 Å². The summed E-state index contributed by atoms with van der Waals surface area (Å²) in [6, 6.07) is 15.6. The third kappa shape index (κ3) is 5.04. The standard InChI is InChI=1S/C17H19ClO4S/c1-17(2,14-6-4-3-5-7-14)22-21-12-13-23(19,20)16-10-8-15(18)9-11-16/h3-11H,12-13H2,1-2H3. The second kappa shape index (κ2) is 7.45. The molecule has 0 saturated carbocycles. The maximum Gasteiger partial charge on any atom is 0.180 e. The molecule has 0 aliphatic carbocycles. The number of rotatable bonds is 7. The summed E-state index contributed by atoms with van der Waals surface area (Å²) in [5, 5.41) is 0.494. The second-order valence-corrected chi connectivity index (χ2v) is 8.10. The van der Waals surface area contributed by atoms with Gasteiger partial charge in [0.1, 0.15) is 5.60 Å². The fourth-order valence-electron chi connectivity index (χ4n) is 1.98. The molecule has 0 N–H and O–H groups in total. The maximum atomic E-state index is 12.2. The summed E-state index contributed by atoms with van der Waals surface area (Å²) in [7, 11) is -3.42. The highest BCUT2D eigenvalue weighted by atomic mass is 35.5. The Hall–Kier alpha value is -1.40. The minimum Gasteiger partial charge on any atom is -0.235 e. The first-order valence-corrected chi connectivity index (χ1v) is 9.19. The average molecular weight is 355 g/mol. The molecule has 0 spiro atoms. The van der Waals surface area contributed by atoms with Crippen LogP contribution in [0.4, 0.5) is 0 Å². The van der Waals surface area contributed by atoms with Gasteiger partial charge >= 0.3 is 0 Å². The minimum absolute atomic E-state index is 0.0543. The van der Waals surface area contributed by atoms with E-state index in [1.54, 1.807) is 12.1 Å². The first-order valence-electron chi connectivity index (χ1n) is 7.16. The van der Waals surface area contributed by atoms with Crippen LogP contribution in [0.2, 0.25) is 5.02 Å². The number of halogens is 1. The third-order valence-corrected chi connectivity index (χ3v) is 5.29. The summed E-state index contributed by atoms with van der Waals surface area (Å²) < 4.78 is 24.3. The quantitative estimate of drug-likeness (QED) is 0.428. The van der Waals surface area contributed by atoms with E-state index in [9.17, 15) is 8.42 Å². The van der Waals surface area contributed by atoms with Gasteiger partial charge in [-0.3, -0.25) is 0 Å². The van der Waals surface area contributed by atoms with Gasteiger partial charge < -0.3 is 0 Å². The lowest BCUT2D eigenvalue weighted by atomic mass is 9.99. The highest BCUT2D eigenvalue weighted by Crippen LogP contribution is 2.24. The molecule has 0 atom stereocenters. The largest absolute Gasteiger partial charge is 0.235 e. The molecule has 0 saturated heterocycles. The predicted molar refractivity (Wildman–Crippen MR) is 90.0 cm³/mol. The van der Waals surface area contributed by atoms with Crippen molar-refractivity contribution >= 4 is 21.4 Å².